The molecule has 0 aliphatic rings. The normalized spacial score (nSPS) is 10.0. The second-order valence-electron chi connectivity index (χ2n) is 5.70. The molecular weight excluding hydrogens is 348 g/mol. The summed E-state index contributed by atoms with van der Waals surface area (Å²) in [5, 5.41) is 0. The monoisotopic (exact) mass is 372 g/mol. The predicted molar refractivity (Wildman–Crippen MR) is 101 cm³/mol. The first-order valence-corrected chi connectivity index (χ1v) is 8.71. The summed E-state index contributed by atoms with van der Waals surface area (Å²) in [5.41, 5.74) is 5.06. The lowest BCUT2D eigenvalue weighted by Crippen LogP contribution is -2.43. The number of methoxy groups -OCH3 is 1. The van der Waals surface area contributed by atoms with Crippen LogP contribution in [0.4, 0.5) is 0 Å². The topological polar surface area (TPSA) is 85.9 Å². The van der Waals surface area contributed by atoms with Crippen molar-refractivity contribution in [2.75, 3.05) is 20.3 Å². The SMILES string of the molecule is CCCCOc1cccc(C(=O)NNC(=O)COc2ccc(OC)cc2)c1. The van der Waals surface area contributed by atoms with E-state index in [9.17, 15) is 9.59 Å². The van der Waals surface area contributed by atoms with Crippen molar-refractivity contribution >= 4 is 11.8 Å². The minimum Gasteiger partial charge on any atom is -0.497 e. The molecule has 0 bridgehead atoms. The summed E-state index contributed by atoms with van der Waals surface area (Å²) in [5.74, 6) is 0.919. The summed E-state index contributed by atoms with van der Waals surface area (Å²) in [6.45, 7) is 2.45. The Kier molecular flexibility index (Phi) is 7.96. The lowest BCUT2D eigenvalue weighted by Gasteiger charge is -2.10. The maximum absolute atomic E-state index is 12.1. The fourth-order valence-electron chi connectivity index (χ4n) is 2.12. The molecule has 0 fully saturated rings. The van der Waals surface area contributed by atoms with E-state index in [1.165, 1.54) is 0 Å². The van der Waals surface area contributed by atoms with Crippen molar-refractivity contribution in [3.63, 3.8) is 0 Å². The van der Waals surface area contributed by atoms with Crippen molar-refractivity contribution in [1.82, 2.24) is 10.9 Å². The fraction of sp³-hybridized carbons (Fsp3) is 0.300. The average Bonchev–Trinajstić information content (AvgIpc) is 2.71. The van der Waals surface area contributed by atoms with Gasteiger partial charge in [0.2, 0.25) is 0 Å². The molecule has 0 aromatic heterocycles. The molecule has 144 valence electrons. The van der Waals surface area contributed by atoms with E-state index in [0.29, 0.717) is 29.4 Å². The Balaban J connectivity index is 1.76. The molecule has 0 heterocycles. The molecule has 2 amide bonds. The number of carbonyl (C=O) groups excluding carboxylic acids is 2. The van der Waals surface area contributed by atoms with Gasteiger partial charge in [-0.05, 0) is 48.9 Å². The van der Waals surface area contributed by atoms with Crippen LogP contribution in [0.15, 0.2) is 48.5 Å². The van der Waals surface area contributed by atoms with Gasteiger partial charge >= 0.3 is 0 Å². The average molecular weight is 372 g/mol. The number of ether oxygens (including phenoxy) is 3. The highest BCUT2D eigenvalue weighted by Crippen LogP contribution is 2.17. The minimum atomic E-state index is -0.477. The second-order valence-corrected chi connectivity index (χ2v) is 5.70. The predicted octanol–water partition coefficient (Wildman–Crippen LogP) is 2.71. The molecule has 2 aromatic rings. The molecule has 0 atom stereocenters. The molecule has 27 heavy (non-hydrogen) atoms. The van der Waals surface area contributed by atoms with Crippen molar-refractivity contribution < 1.29 is 23.8 Å². The molecule has 0 saturated carbocycles. The Morgan fingerprint density at radius 2 is 1.67 bits per heavy atom. The highest BCUT2D eigenvalue weighted by molar-refractivity contribution is 5.95. The van der Waals surface area contributed by atoms with Gasteiger partial charge in [-0.2, -0.15) is 0 Å². The number of hydrogen-bond acceptors (Lipinski definition) is 5. The Morgan fingerprint density at radius 1 is 0.926 bits per heavy atom. The van der Waals surface area contributed by atoms with Gasteiger partial charge in [0, 0.05) is 5.56 Å². The van der Waals surface area contributed by atoms with E-state index in [4.69, 9.17) is 14.2 Å². The van der Waals surface area contributed by atoms with E-state index in [2.05, 4.69) is 17.8 Å². The van der Waals surface area contributed by atoms with Gasteiger partial charge in [-0.3, -0.25) is 20.4 Å². The Hall–Kier alpha value is -3.22. The van der Waals surface area contributed by atoms with Crippen LogP contribution in [-0.4, -0.2) is 32.1 Å². The zero-order valence-electron chi connectivity index (χ0n) is 15.5. The largest absolute Gasteiger partial charge is 0.497 e. The van der Waals surface area contributed by atoms with Gasteiger partial charge in [0.15, 0.2) is 6.61 Å². The molecule has 0 spiro atoms. The van der Waals surface area contributed by atoms with Gasteiger partial charge in [0.25, 0.3) is 11.8 Å². The van der Waals surface area contributed by atoms with Gasteiger partial charge < -0.3 is 14.2 Å². The molecular formula is C20H24N2O5. The van der Waals surface area contributed by atoms with Crippen LogP contribution in [0, 0.1) is 0 Å². The molecule has 2 N–H and O–H groups in total. The molecule has 0 radical (unpaired) electrons. The summed E-state index contributed by atoms with van der Waals surface area (Å²) in [7, 11) is 1.57. The number of nitrogens with one attached hydrogen (secondary N) is 2. The van der Waals surface area contributed by atoms with Crippen LogP contribution in [0.2, 0.25) is 0 Å². The van der Waals surface area contributed by atoms with Crippen molar-refractivity contribution in [3.8, 4) is 17.2 Å². The standard InChI is InChI=1S/C20H24N2O5/c1-3-4-12-26-18-7-5-6-15(13-18)20(24)22-21-19(23)14-27-17-10-8-16(25-2)9-11-17/h5-11,13H,3-4,12,14H2,1-2H3,(H,21,23)(H,22,24). The van der Waals surface area contributed by atoms with E-state index in [1.54, 1.807) is 55.6 Å². The summed E-state index contributed by atoms with van der Waals surface area (Å²) < 4.78 is 16.0. The van der Waals surface area contributed by atoms with Crippen molar-refractivity contribution in [1.29, 1.82) is 0 Å². The quantitative estimate of drug-likeness (QED) is 0.522. The van der Waals surface area contributed by atoms with Crippen molar-refractivity contribution in [3.05, 3.63) is 54.1 Å². The third-order valence-corrected chi connectivity index (χ3v) is 3.61. The number of unbranched alkanes of at least 4 members (excludes halogenated alkanes) is 1. The van der Waals surface area contributed by atoms with Gasteiger partial charge in [0.1, 0.15) is 17.2 Å². The third-order valence-electron chi connectivity index (χ3n) is 3.61. The smallest absolute Gasteiger partial charge is 0.276 e. The van der Waals surface area contributed by atoms with Crippen LogP contribution in [0.3, 0.4) is 0 Å². The van der Waals surface area contributed by atoms with Gasteiger partial charge in [-0.1, -0.05) is 19.4 Å². The fourth-order valence-corrected chi connectivity index (χ4v) is 2.12. The molecule has 2 aromatic carbocycles. The molecule has 7 nitrogen and oxygen atoms in total. The summed E-state index contributed by atoms with van der Waals surface area (Å²) in [6.07, 6.45) is 1.98. The van der Waals surface area contributed by atoms with Crippen molar-refractivity contribution in [2.45, 2.75) is 19.8 Å². The lowest BCUT2D eigenvalue weighted by atomic mass is 10.2. The molecule has 0 saturated heterocycles. The Morgan fingerprint density at radius 3 is 2.37 bits per heavy atom. The first-order chi connectivity index (χ1) is 13.1. The van der Waals surface area contributed by atoms with Crippen LogP contribution in [0.25, 0.3) is 0 Å². The Bertz CT molecular complexity index is 746. The van der Waals surface area contributed by atoms with Crippen LogP contribution in [0.5, 0.6) is 17.2 Å². The van der Waals surface area contributed by atoms with Crippen LogP contribution in [-0.2, 0) is 4.79 Å². The van der Waals surface area contributed by atoms with Crippen LogP contribution in [0.1, 0.15) is 30.1 Å². The van der Waals surface area contributed by atoms with Gasteiger partial charge in [0.05, 0.1) is 13.7 Å². The number of benzene rings is 2. The second kappa shape index (κ2) is 10.7. The maximum Gasteiger partial charge on any atom is 0.276 e. The van der Waals surface area contributed by atoms with E-state index < -0.39 is 11.8 Å². The van der Waals surface area contributed by atoms with E-state index in [-0.39, 0.29) is 6.61 Å². The number of carbonyl (C=O) groups is 2. The number of amides is 2. The number of hydrogen-bond donors (Lipinski definition) is 2. The number of hydrazine groups is 1. The first-order valence-electron chi connectivity index (χ1n) is 8.71. The van der Waals surface area contributed by atoms with Gasteiger partial charge in [-0.15, -0.1) is 0 Å². The maximum atomic E-state index is 12.1. The van der Waals surface area contributed by atoms with Crippen molar-refractivity contribution in [2.24, 2.45) is 0 Å². The van der Waals surface area contributed by atoms with Crippen LogP contribution < -0.4 is 25.1 Å². The van der Waals surface area contributed by atoms with E-state index in [0.717, 1.165) is 12.8 Å². The van der Waals surface area contributed by atoms with E-state index >= 15 is 0 Å². The zero-order valence-corrected chi connectivity index (χ0v) is 15.5. The van der Waals surface area contributed by atoms with E-state index in [1.807, 2.05) is 0 Å². The minimum absolute atomic E-state index is 0.229. The zero-order chi connectivity index (χ0) is 19.5. The summed E-state index contributed by atoms with van der Waals surface area (Å²) >= 11 is 0. The molecule has 2 rings (SSSR count). The Labute approximate surface area is 158 Å². The highest BCUT2D eigenvalue weighted by Gasteiger charge is 2.09. The van der Waals surface area contributed by atoms with Crippen LogP contribution >= 0.6 is 0 Å². The molecule has 0 unspecified atom stereocenters. The number of rotatable bonds is 9. The summed E-state index contributed by atoms with van der Waals surface area (Å²) in [6, 6.07) is 13.6. The molecule has 0 aliphatic heterocycles. The first kappa shape index (κ1) is 20.1. The summed E-state index contributed by atoms with van der Waals surface area (Å²) in [4.78, 5) is 24.0. The highest BCUT2D eigenvalue weighted by atomic mass is 16.5. The molecule has 7 heteroatoms. The third kappa shape index (κ3) is 6.89. The lowest BCUT2D eigenvalue weighted by molar-refractivity contribution is -0.123. The van der Waals surface area contributed by atoms with Gasteiger partial charge in [-0.25, -0.2) is 0 Å². The molecule has 0 aliphatic carbocycles.